The molecule has 0 aliphatic rings. The van der Waals surface area contributed by atoms with E-state index in [-0.39, 0.29) is 6.61 Å². The van der Waals surface area contributed by atoms with E-state index in [9.17, 15) is 9.59 Å². The van der Waals surface area contributed by atoms with Crippen LogP contribution in [-0.2, 0) is 11.2 Å². The Labute approximate surface area is 203 Å². The van der Waals surface area contributed by atoms with Crippen molar-refractivity contribution in [3.05, 3.63) is 92.4 Å². The molecule has 0 aliphatic carbocycles. The summed E-state index contributed by atoms with van der Waals surface area (Å²) in [4.78, 5) is 24.3. The van der Waals surface area contributed by atoms with Crippen LogP contribution in [0.1, 0.15) is 21.5 Å². The lowest BCUT2D eigenvalue weighted by Gasteiger charge is -2.12. The van der Waals surface area contributed by atoms with Crippen LogP contribution in [0.2, 0.25) is 0 Å². The van der Waals surface area contributed by atoms with Crippen LogP contribution in [0.25, 0.3) is 0 Å². The number of nitrogens with one attached hydrogen (secondary N) is 2. The zero-order valence-corrected chi connectivity index (χ0v) is 20.5. The fourth-order valence-electron chi connectivity index (χ4n) is 2.84. The predicted octanol–water partition coefficient (Wildman–Crippen LogP) is 4.98. The molecule has 3 aromatic rings. The first-order chi connectivity index (χ1) is 15.4. The van der Waals surface area contributed by atoms with Gasteiger partial charge in [0.05, 0.1) is 11.1 Å². The first kappa shape index (κ1) is 23.8. The Morgan fingerprint density at radius 1 is 0.875 bits per heavy atom. The minimum Gasteiger partial charge on any atom is -0.492 e. The molecule has 3 rings (SSSR count). The number of hydrazine groups is 1. The van der Waals surface area contributed by atoms with Crippen molar-refractivity contribution in [1.82, 2.24) is 10.9 Å². The maximum atomic E-state index is 12.3. The topological polar surface area (TPSA) is 76.7 Å². The lowest BCUT2D eigenvalue weighted by molar-refractivity contribution is -0.123. The number of halogens is 2. The van der Waals surface area contributed by atoms with E-state index in [1.807, 2.05) is 49.4 Å². The van der Waals surface area contributed by atoms with Crippen LogP contribution in [-0.4, -0.2) is 25.0 Å². The van der Waals surface area contributed by atoms with E-state index in [4.69, 9.17) is 9.47 Å². The number of aryl methyl sites for hydroxylation is 1. The Morgan fingerprint density at radius 2 is 1.62 bits per heavy atom. The summed E-state index contributed by atoms with van der Waals surface area (Å²) < 4.78 is 12.9. The summed E-state index contributed by atoms with van der Waals surface area (Å²) in [6, 6.07) is 20.5. The van der Waals surface area contributed by atoms with Gasteiger partial charge in [0.1, 0.15) is 11.5 Å². The van der Waals surface area contributed by atoms with Crippen molar-refractivity contribution >= 4 is 43.7 Å². The Hall–Kier alpha value is -2.84. The molecule has 0 aliphatic heterocycles. The molecule has 0 radical (unpaired) electrons. The van der Waals surface area contributed by atoms with Crippen LogP contribution in [0.15, 0.2) is 75.7 Å². The van der Waals surface area contributed by atoms with Crippen LogP contribution < -0.4 is 20.3 Å². The molecule has 166 valence electrons. The highest BCUT2D eigenvalue weighted by Gasteiger charge is 2.11. The van der Waals surface area contributed by atoms with Gasteiger partial charge in [-0.3, -0.25) is 20.4 Å². The largest absolute Gasteiger partial charge is 0.492 e. The molecule has 2 N–H and O–H groups in total. The van der Waals surface area contributed by atoms with Gasteiger partial charge >= 0.3 is 0 Å². The van der Waals surface area contributed by atoms with E-state index < -0.39 is 11.8 Å². The van der Waals surface area contributed by atoms with Gasteiger partial charge in [0.2, 0.25) is 0 Å². The molecule has 0 atom stereocenters. The summed E-state index contributed by atoms with van der Waals surface area (Å²) in [5, 5.41) is 0. The molecule has 0 aromatic heterocycles. The van der Waals surface area contributed by atoms with Gasteiger partial charge in [0, 0.05) is 16.5 Å². The molecule has 2 amide bonds. The summed E-state index contributed by atoms with van der Waals surface area (Å²) in [7, 11) is 0. The van der Waals surface area contributed by atoms with Crippen molar-refractivity contribution in [2.24, 2.45) is 0 Å². The molecular formula is C24H22Br2N2O4. The molecule has 3 aromatic carbocycles. The third-order valence-corrected chi connectivity index (χ3v) is 5.61. The second-order valence-electron chi connectivity index (χ2n) is 6.93. The van der Waals surface area contributed by atoms with Crippen molar-refractivity contribution in [3.8, 4) is 11.5 Å². The zero-order valence-electron chi connectivity index (χ0n) is 17.4. The quantitative estimate of drug-likeness (QED) is 0.380. The monoisotopic (exact) mass is 560 g/mol. The standard InChI is InChI=1S/C24H22Br2N2O4/c1-16-13-19(25)8-10-21(16)32-15-23(29)27-28-24(30)18-7-9-22(20(26)14-18)31-12-11-17-5-3-2-4-6-17/h2-10,13-14H,11-12,15H2,1H3,(H,27,29)(H,28,30). The SMILES string of the molecule is Cc1cc(Br)ccc1OCC(=O)NNC(=O)c1ccc(OCCc2ccccc2)c(Br)c1. The van der Waals surface area contributed by atoms with E-state index in [0.29, 0.717) is 28.1 Å². The molecule has 32 heavy (non-hydrogen) atoms. The smallest absolute Gasteiger partial charge is 0.276 e. The number of benzene rings is 3. The third-order valence-electron chi connectivity index (χ3n) is 4.50. The summed E-state index contributed by atoms with van der Waals surface area (Å²) in [6.45, 7) is 2.18. The highest BCUT2D eigenvalue weighted by molar-refractivity contribution is 9.10. The van der Waals surface area contributed by atoms with E-state index in [2.05, 4.69) is 42.7 Å². The van der Waals surface area contributed by atoms with Crippen molar-refractivity contribution in [3.63, 3.8) is 0 Å². The molecule has 8 heteroatoms. The molecule has 0 saturated carbocycles. The predicted molar refractivity (Wildman–Crippen MR) is 130 cm³/mol. The second-order valence-corrected chi connectivity index (χ2v) is 8.70. The average molecular weight is 562 g/mol. The number of ether oxygens (including phenoxy) is 2. The van der Waals surface area contributed by atoms with Gasteiger partial charge in [-0.2, -0.15) is 0 Å². The van der Waals surface area contributed by atoms with Crippen LogP contribution in [0.3, 0.4) is 0 Å². The minimum atomic E-state index is -0.472. The lowest BCUT2D eigenvalue weighted by atomic mass is 10.2. The average Bonchev–Trinajstić information content (AvgIpc) is 2.78. The second kappa shape index (κ2) is 11.7. The number of rotatable bonds is 8. The maximum Gasteiger partial charge on any atom is 0.276 e. The van der Waals surface area contributed by atoms with Gasteiger partial charge in [-0.15, -0.1) is 0 Å². The normalized spacial score (nSPS) is 10.3. The van der Waals surface area contributed by atoms with Crippen molar-refractivity contribution in [2.45, 2.75) is 13.3 Å². The molecule has 0 spiro atoms. The fourth-order valence-corrected chi connectivity index (χ4v) is 3.80. The fraction of sp³-hybridized carbons (Fsp3) is 0.167. The van der Waals surface area contributed by atoms with E-state index in [1.54, 1.807) is 24.3 Å². The third kappa shape index (κ3) is 7.10. The summed E-state index contributed by atoms with van der Waals surface area (Å²) in [5.74, 6) is 0.316. The van der Waals surface area contributed by atoms with Gasteiger partial charge in [-0.1, -0.05) is 46.3 Å². The molecular weight excluding hydrogens is 540 g/mol. The van der Waals surface area contributed by atoms with E-state index in [1.165, 1.54) is 5.56 Å². The van der Waals surface area contributed by atoms with Gasteiger partial charge < -0.3 is 9.47 Å². The minimum absolute atomic E-state index is 0.222. The lowest BCUT2D eigenvalue weighted by Crippen LogP contribution is -2.43. The summed E-state index contributed by atoms with van der Waals surface area (Å²) >= 11 is 6.81. The highest BCUT2D eigenvalue weighted by Crippen LogP contribution is 2.26. The first-order valence-corrected chi connectivity index (χ1v) is 11.5. The van der Waals surface area contributed by atoms with Crippen molar-refractivity contribution < 1.29 is 19.1 Å². The number of carbonyl (C=O) groups excluding carboxylic acids is 2. The van der Waals surface area contributed by atoms with E-state index >= 15 is 0 Å². The van der Waals surface area contributed by atoms with Gasteiger partial charge in [0.25, 0.3) is 11.8 Å². The first-order valence-electron chi connectivity index (χ1n) is 9.87. The molecule has 0 unspecified atom stereocenters. The summed E-state index contributed by atoms with van der Waals surface area (Å²) in [6.07, 6.45) is 0.781. The Morgan fingerprint density at radius 3 is 2.34 bits per heavy atom. The van der Waals surface area contributed by atoms with Gasteiger partial charge in [-0.25, -0.2) is 0 Å². The molecule has 0 saturated heterocycles. The number of hydrogen-bond acceptors (Lipinski definition) is 4. The van der Waals surface area contributed by atoms with Crippen LogP contribution >= 0.6 is 31.9 Å². The molecule has 0 fully saturated rings. The van der Waals surface area contributed by atoms with Crippen LogP contribution in [0, 0.1) is 6.92 Å². The van der Waals surface area contributed by atoms with Crippen LogP contribution in [0.5, 0.6) is 11.5 Å². The van der Waals surface area contributed by atoms with Crippen molar-refractivity contribution in [1.29, 1.82) is 0 Å². The van der Waals surface area contributed by atoms with Crippen molar-refractivity contribution in [2.75, 3.05) is 13.2 Å². The summed E-state index contributed by atoms with van der Waals surface area (Å²) in [5.41, 5.74) is 7.19. The van der Waals surface area contributed by atoms with Gasteiger partial charge in [-0.05, 0) is 70.4 Å². The number of amides is 2. The van der Waals surface area contributed by atoms with Gasteiger partial charge in [0.15, 0.2) is 6.61 Å². The molecule has 0 bridgehead atoms. The number of hydrogen-bond donors (Lipinski definition) is 2. The Bertz CT molecular complexity index is 1090. The van der Waals surface area contributed by atoms with Crippen LogP contribution in [0.4, 0.5) is 0 Å². The Kier molecular flexibility index (Phi) is 8.70. The zero-order chi connectivity index (χ0) is 22.9. The number of carbonyl (C=O) groups is 2. The van der Waals surface area contributed by atoms with E-state index in [0.717, 1.165) is 16.5 Å². The highest BCUT2D eigenvalue weighted by atomic mass is 79.9. The molecule has 6 nitrogen and oxygen atoms in total. The molecule has 0 heterocycles. The maximum absolute atomic E-state index is 12.3. The Balaban J connectivity index is 1.45.